The van der Waals surface area contributed by atoms with Crippen LogP contribution < -0.4 is 21.5 Å². The summed E-state index contributed by atoms with van der Waals surface area (Å²) in [7, 11) is 0. The molecule has 148 valence electrons. The first-order valence-electron chi connectivity index (χ1n) is 10.0. The second-order valence-corrected chi connectivity index (χ2v) is 7.76. The van der Waals surface area contributed by atoms with Crippen LogP contribution in [0.15, 0.2) is 48.5 Å². The molecule has 0 radical (unpaired) electrons. The monoisotopic (exact) mass is 382 g/mol. The normalized spacial score (nSPS) is 22.0. The van der Waals surface area contributed by atoms with E-state index in [1.807, 2.05) is 30.3 Å². The Kier molecular flexibility index (Phi) is 6.00. The van der Waals surface area contributed by atoms with E-state index in [-0.39, 0.29) is 23.7 Å². The van der Waals surface area contributed by atoms with Gasteiger partial charge in [0.15, 0.2) is 0 Å². The SMILES string of the molecule is O=C(Nc1cccc(CNCC2CNNC2c2ccc(F)cc2)c1)C1CCC1. The van der Waals surface area contributed by atoms with Crippen molar-refractivity contribution in [2.75, 3.05) is 18.4 Å². The smallest absolute Gasteiger partial charge is 0.227 e. The van der Waals surface area contributed by atoms with Gasteiger partial charge in [-0.25, -0.2) is 9.82 Å². The predicted octanol–water partition coefficient (Wildman–Crippen LogP) is 3.12. The Morgan fingerprint density at radius 3 is 2.71 bits per heavy atom. The first-order chi connectivity index (χ1) is 13.7. The van der Waals surface area contributed by atoms with Gasteiger partial charge in [0.05, 0.1) is 6.04 Å². The summed E-state index contributed by atoms with van der Waals surface area (Å²) in [6, 6.07) is 14.8. The molecule has 0 bridgehead atoms. The molecule has 6 heteroatoms. The predicted molar refractivity (Wildman–Crippen MR) is 108 cm³/mol. The van der Waals surface area contributed by atoms with E-state index >= 15 is 0 Å². The van der Waals surface area contributed by atoms with E-state index in [1.165, 1.54) is 12.1 Å². The highest BCUT2D eigenvalue weighted by Crippen LogP contribution is 2.28. The minimum atomic E-state index is -0.214. The molecule has 2 aliphatic rings. The molecule has 1 aliphatic heterocycles. The number of nitrogens with one attached hydrogen (secondary N) is 4. The van der Waals surface area contributed by atoms with E-state index in [4.69, 9.17) is 0 Å². The van der Waals surface area contributed by atoms with Crippen molar-refractivity contribution < 1.29 is 9.18 Å². The molecule has 0 aromatic heterocycles. The fourth-order valence-corrected chi connectivity index (χ4v) is 3.83. The molecule has 28 heavy (non-hydrogen) atoms. The maximum absolute atomic E-state index is 13.2. The van der Waals surface area contributed by atoms with Crippen LogP contribution in [0.4, 0.5) is 10.1 Å². The summed E-state index contributed by atoms with van der Waals surface area (Å²) in [5, 5.41) is 6.55. The Morgan fingerprint density at radius 1 is 1.14 bits per heavy atom. The van der Waals surface area contributed by atoms with E-state index in [0.29, 0.717) is 5.92 Å². The van der Waals surface area contributed by atoms with Crippen LogP contribution in [0.5, 0.6) is 0 Å². The number of hydrogen-bond donors (Lipinski definition) is 4. The van der Waals surface area contributed by atoms with Crippen molar-refractivity contribution in [3.63, 3.8) is 0 Å². The summed E-state index contributed by atoms with van der Waals surface area (Å²) < 4.78 is 13.2. The zero-order chi connectivity index (χ0) is 19.3. The third kappa shape index (κ3) is 4.58. The molecule has 4 N–H and O–H groups in total. The van der Waals surface area contributed by atoms with Crippen molar-refractivity contribution in [3.05, 3.63) is 65.5 Å². The van der Waals surface area contributed by atoms with Crippen molar-refractivity contribution in [2.45, 2.75) is 31.8 Å². The summed E-state index contributed by atoms with van der Waals surface area (Å²) in [5.74, 6) is 0.481. The van der Waals surface area contributed by atoms with E-state index in [1.54, 1.807) is 0 Å². The van der Waals surface area contributed by atoms with Crippen LogP contribution in [0, 0.1) is 17.7 Å². The zero-order valence-electron chi connectivity index (χ0n) is 15.9. The standard InChI is InChI=1S/C22H27FN4O/c23-19-9-7-16(8-10-19)21-18(14-25-27-21)13-24-12-15-3-1-6-20(11-15)26-22(28)17-4-2-5-17/h1,3,6-11,17-18,21,24-25,27H,2,4-5,12-14H2,(H,26,28). The Hall–Kier alpha value is -2.28. The molecule has 2 aromatic carbocycles. The van der Waals surface area contributed by atoms with Crippen molar-refractivity contribution in [1.82, 2.24) is 16.2 Å². The van der Waals surface area contributed by atoms with Crippen LogP contribution in [0.1, 0.15) is 36.4 Å². The summed E-state index contributed by atoms with van der Waals surface area (Å²) in [6.07, 6.45) is 3.17. The van der Waals surface area contributed by atoms with Gasteiger partial charge in [0.1, 0.15) is 5.82 Å². The van der Waals surface area contributed by atoms with Gasteiger partial charge in [0.2, 0.25) is 5.91 Å². The van der Waals surface area contributed by atoms with E-state index < -0.39 is 0 Å². The highest BCUT2D eigenvalue weighted by molar-refractivity contribution is 5.93. The molecule has 1 amide bonds. The number of benzene rings is 2. The van der Waals surface area contributed by atoms with Crippen LogP contribution in [0.25, 0.3) is 0 Å². The van der Waals surface area contributed by atoms with Crippen molar-refractivity contribution >= 4 is 11.6 Å². The number of anilines is 1. The minimum absolute atomic E-state index is 0.140. The van der Waals surface area contributed by atoms with Gasteiger partial charge in [0, 0.05) is 37.2 Å². The third-order valence-corrected chi connectivity index (χ3v) is 5.73. The molecular weight excluding hydrogens is 355 g/mol. The Morgan fingerprint density at radius 2 is 1.96 bits per heavy atom. The molecule has 1 aliphatic carbocycles. The van der Waals surface area contributed by atoms with Gasteiger partial charge < -0.3 is 10.6 Å². The van der Waals surface area contributed by atoms with Gasteiger partial charge >= 0.3 is 0 Å². The number of halogens is 1. The Bertz CT molecular complexity index is 806. The van der Waals surface area contributed by atoms with Crippen molar-refractivity contribution in [2.24, 2.45) is 11.8 Å². The van der Waals surface area contributed by atoms with Gasteiger partial charge in [-0.05, 0) is 48.2 Å². The van der Waals surface area contributed by atoms with Crippen molar-refractivity contribution in [1.29, 1.82) is 0 Å². The lowest BCUT2D eigenvalue weighted by atomic mass is 9.85. The summed E-state index contributed by atoms with van der Waals surface area (Å²) in [4.78, 5) is 12.1. The number of carbonyl (C=O) groups is 1. The average Bonchev–Trinajstić information content (AvgIpc) is 3.10. The number of hydrogen-bond acceptors (Lipinski definition) is 4. The van der Waals surface area contributed by atoms with Crippen molar-refractivity contribution in [3.8, 4) is 0 Å². The van der Waals surface area contributed by atoms with Crippen LogP contribution in [-0.2, 0) is 11.3 Å². The number of rotatable bonds is 7. The van der Waals surface area contributed by atoms with Crippen LogP contribution in [0.3, 0.4) is 0 Å². The molecule has 5 nitrogen and oxygen atoms in total. The van der Waals surface area contributed by atoms with Crippen LogP contribution in [0.2, 0.25) is 0 Å². The van der Waals surface area contributed by atoms with Gasteiger partial charge in [-0.3, -0.25) is 10.2 Å². The van der Waals surface area contributed by atoms with E-state index in [9.17, 15) is 9.18 Å². The number of amides is 1. The fourth-order valence-electron chi connectivity index (χ4n) is 3.83. The topological polar surface area (TPSA) is 65.2 Å². The molecule has 2 fully saturated rings. The maximum Gasteiger partial charge on any atom is 0.227 e. The van der Waals surface area contributed by atoms with Crippen LogP contribution in [-0.4, -0.2) is 19.0 Å². The lowest BCUT2D eigenvalue weighted by Gasteiger charge is -2.24. The number of carbonyl (C=O) groups excluding carboxylic acids is 1. The molecule has 1 saturated carbocycles. The van der Waals surface area contributed by atoms with Gasteiger partial charge in [0.25, 0.3) is 0 Å². The molecular formula is C22H27FN4O. The molecule has 1 saturated heterocycles. The highest BCUT2D eigenvalue weighted by atomic mass is 19.1. The van der Waals surface area contributed by atoms with Gasteiger partial charge in [-0.2, -0.15) is 0 Å². The molecule has 2 aromatic rings. The maximum atomic E-state index is 13.2. The third-order valence-electron chi connectivity index (χ3n) is 5.73. The second kappa shape index (κ2) is 8.82. The van der Waals surface area contributed by atoms with Gasteiger partial charge in [-0.15, -0.1) is 0 Å². The van der Waals surface area contributed by atoms with Gasteiger partial charge in [-0.1, -0.05) is 30.7 Å². The molecule has 2 atom stereocenters. The molecule has 2 unspecified atom stereocenters. The largest absolute Gasteiger partial charge is 0.326 e. The highest BCUT2D eigenvalue weighted by Gasteiger charge is 2.28. The lowest BCUT2D eigenvalue weighted by molar-refractivity contribution is -0.122. The minimum Gasteiger partial charge on any atom is -0.326 e. The average molecular weight is 382 g/mol. The van der Waals surface area contributed by atoms with E-state index in [2.05, 4.69) is 27.6 Å². The second-order valence-electron chi connectivity index (χ2n) is 7.76. The first-order valence-corrected chi connectivity index (χ1v) is 10.0. The Balaban J connectivity index is 1.29. The number of hydrazine groups is 1. The summed E-state index contributed by atoms with van der Waals surface area (Å²) >= 11 is 0. The molecule has 0 spiro atoms. The Labute approximate surface area is 165 Å². The quantitative estimate of drug-likeness (QED) is 0.594. The van der Waals surface area contributed by atoms with Crippen LogP contribution >= 0.6 is 0 Å². The first kappa shape index (κ1) is 19.1. The molecule has 4 rings (SSSR count). The van der Waals surface area contributed by atoms with E-state index in [0.717, 1.165) is 55.7 Å². The lowest BCUT2D eigenvalue weighted by Crippen LogP contribution is -2.29. The summed E-state index contributed by atoms with van der Waals surface area (Å²) in [5.41, 5.74) is 9.58. The molecule has 1 heterocycles. The fraction of sp³-hybridized carbons (Fsp3) is 0.409. The summed E-state index contributed by atoms with van der Waals surface area (Å²) in [6.45, 7) is 2.42. The zero-order valence-corrected chi connectivity index (χ0v) is 15.9.